The molecule has 4 saturated heterocycles. The molecule has 54 heavy (non-hydrogen) atoms. The lowest BCUT2D eigenvalue weighted by Crippen LogP contribution is -2.91. The highest BCUT2D eigenvalue weighted by molar-refractivity contribution is 5.82. The summed E-state index contributed by atoms with van der Waals surface area (Å²) in [6.07, 6.45) is 14.8. The molecule has 4 aliphatic heterocycles. The average Bonchev–Trinajstić information content (AvgIpc) is 3.24. The maximum Gasteiger partial charge on any atom is 0.226 e. The summed E-state index contributed by atoms with van der Waals surface area (Å²) in [6, 6.07) is 44.8. The second-order valence-electron chi connectivity index (χ2n) is 18.3. The molecular formula is C49H54N4O. The number of carbonyl (C=O) groups excluding carboxylic acids is 1. The van der Waals surface area contributed by atoms with Gasteiger partial charge in [0.25, 0.3) is 0 Å². The minimum atomic E-state index is 0.253. The van der Waals surface area contributed by atoms with Crippen LogP contribution in [0.5, 0.6) is 0 Å². The minimum Gasteiger partial charge on any atom is -0.362 e. The van der Waals surface area contributed by atoms with Crippen molar-refractivity contribution in [1.82, 2.24) is 9.80 Å². The molecule has 5 heteroatoms. The highest BCUT2D eigenvalue weighted by atomic mass is 16.2. The number of carbonyl (C=O) groups is 1. The molecule has 0 spiro atoms. The third kappa shape index (κ3) is 4.57. The molecule has 0 aromatic heterocycles. The number of benzene rings is 4. The Hall–Kier alpha value is -4.09. The maximum atomic E-state index is 15.2. The van der Waals surface area contributed by atoms with Crippen LogP contribution in [0.1, 0.15) is 77.0 Å². The van der Waals surface area contributed by atoms with Crippen molar-refractivity contribution in [3.05, 3.63) is 109 Å². The molecule has 1 amide bonds. The maximum absolute atomic E-state index is 15.2. The van der Waals surface area contributed by atoms with Gasteiger partial charge in [0, 0.05) is 47.5 Å². The van der Waals surface area contributed by atoms with Crippen molar-refractivity contribution in [2.45, 2.75) is 131 Å². The highest BCUT2D eigenvalue weighted by Gasteiger charge is 2.70. The summed E-state index contributed by atoms with van der Waals surface area (Å²) in [4.78, 5) is 27.0. The Bertz CT molecular complexity index is 2040. The number of fused-ring (bicyclic) bond motifs is 3. The van der Waals surface area contributed by atoms with E-state index in [4.69, 9.17) is 0 Å². The van der Waals surface area contributed by atoms with Gasteiger partial charge in [-0.2, -0.15) is 0 Å². The zero-order chi connectivity index (χ0) is 35.5. The molecule has 12 unspecified atom stereocenters. The van der Waals surface area contributed by atoms with Gasteiger partial charge in [-0.15, -0.1) is 0 Å². The first kappa shape index (κ1) is 32.2. The van der Waals surface area contributed by atoms with Crippen LogP contribution >= 0.6 is 0 Å². The molecule has 276 valence electrons. The van der Waals surface area contributed by atoms with Gasteiger partial charge in [-0.3, -0.25) is 9.69 Å². The monoisotopic (exact) mass is 714 g/mol. The summed E-state index contributed by atoms with van der Waals surface area (Å²) in [7, 11) is 0. The van der Waals surface area contributed by atoms with Gasteiger partial charge in [0.1, 0.15) is 0 Å². The van der Waals surface area contributed by atoms with Gasteiger partial charge in [-0.25, -0.2) is 0 Å². The molecule has 0 N–H and O–H groups in total. The molecule has 12 rings (SSSR count). The van der Waals surface area contributed by atoms with Crippen molar-refractivity contribution in [2.75, 3.05) is 9.80 Å². The van der Waals surface area contributed by atoms with Crippen LogP contribution < -0.4 is 9.80 Å². The highest BCUT2D eigenvalue weighted by Crippen LogP contribution is 2.60. The SMILES string of the molecule is O=C1C2CCCCC2C2CCC3C4C2N1C1CCCC2C1N4C1C(CCCC1N3c1cccc(-c3ccccc3)c1)N2c1cccc(-c2ccccc2)c1. The van der Waals surface area contributed by atoms with Crippen LogP contribution in [0.4, 0.5) is 11.4 Å². The first-order chi connectivity index (χ1) is 26.7. The first-order valence-electron chi connectivity index (χ1n) is 21.7. The Morgan fingerprint density at radius 2 is 0.889 bits per heavy atom. The lowest BCUT2D eigenvalue weighted by Gasteiger charge is -2.77. The Kier molecular flexibility index (Phi) is 7.43. The molecule has 0 bridgehead atoms. The van der Waals surface area contributed by atoms with Gasteiger partial charge >= 0.3 is 0 Å². The molecule has 4 heterocycles. The first-order valence-corrected chi connectivity index (χ1v) is 21.7. The van der Waals surface area contributed by atoms with E-state index in [1.807, 2.05) is 0 Å². The number of rotatable bonds is 4. The van der Waals surface area contributed by atoms with E-state index in [0.29, 0.717) is 72.1 Å². The van der Waals surface area contributed by atoms with Gasteiger partial charge in [0.2, 0.25) is 5.91 Å². The fourth-order valence-corrected chi connectivity index (χ4v) is 14.5. The predicted octanol–water partition coefficient (Wildman–Crippen LogP) is 9.42. The number of hydrogen-bond donors (Lipinski definition) is 0. The molecule has 8 fully saturated rings. The van der Waals surface area contributed by atoms with Crippen LogP contribution in [0.25, 0.3) is 22.3 Å². The summed E-state index contributed by atoms with van der Waals surface area (Å²) < 4.78 is 0. The third-order valence-electron chi connectivity index (χ3n) is 16.1. The number of amides is 1. The Balaban J connectivity index is 1.04. The summed E-state index contributed by atoms with van der Waals surface area (Å²) >= 11 is 0. The van der Waals surface area contributed by atoms with Crippen molar-refractivity contribution >= 4 is 17.3 Å². The molecule has 8 aliphatic rings. The fourth-order valence-electron chi connectivity index (χ4n) is 14.5. The summed E-state index contributed by atoms with van der Waals surface area (Å²) in [5.41, 5.74) is 8.01. The van der Waals surface area contributed by atoms with Gasteiger partial charge in [0.05, 0.1) is 24.2 Å². The summed E-state index contributed by atoms with van der Waals surface area (Å²) in [5, 5.41) is 0. The quantitative estimate of drug-likeness (QED) is 0.211. The number of piperazine rings is 3. The van der Waals surface area contributed by atoms with Crippen molar-refractivity contribution in [1.29, 1.82) is 0 Å². The fraction of sp³-hybridized carbons (Fsp3) is 0.490. The van der Waals surface area contributed by atoms with E-state index in [0.717, 1.165) is 6.42 Å². The average molecular weight is 715 g/mol. The van der Waals surface area contributed by atoms with E-state index in [-0.39, 0.29) is 5.92 Å². The topological polar surface area (TPSA) is 30.0 Å². The number of anilines is 2. The van der Waals surface area contributed by atoms with E-state index in [9.17, 15) is 0 Å². The van der Waals surface area contributed by atoms with Crippen LogP contribution in [-0.4, -0.2) is 70.1 Å². The van der Waals surface area contributed by atoms with E-state index in [1.54, 1.807) is 0 Å². The van der Waals surface area contributed by atoms with E-state index < -0.39 is 0 Å². The molecule has 0 radical (unpaired) electrons. The minimum absolute atomic E-state index is 0.253. The van der Waals surface area contributed by atoms with Crippen LogP contribution in [0.3, 0.4) is 0 Å². The van der Waals surface area contributed by atoms with E-state index >= 15 is 4.79 Å². The van der Waals surface area contributed by atoms with Crippen LogP contribution in [-0.2, 0) is 4.79 Å². The smallest absolute Gasteiger partial charge is 0.226 e. The lowest BCUT2D eigenvalue weighted by molar-refractivity contribution is -0.211. The molecule has 4 aliphatic carbocycles. The number of nitrogens with zero attached hydrogens (tertiary/aromatic N) is 4. The van der Waals surface area contributed by atoms with E-state index in [2.05, 4.69) is 129 Å². The van der Waals surface area contributed by atoms with Crippen molar-refractivity contribution < 1.29 is 4.79 Å². The van der Waals surface area contributed by atoms with Crippen LogP contribution in [0.15, 0.2) is 109 Å². The lowest BCUT2D eigenvalue weighted by atomic mass is 9.56. The summed E-state index contributed by atoms with van der Waals surface area (Å²) in [6.45, 7) is 0. The van der Waals surface area contributed by atoms with E-state index in [1.165, 1.54) is 104 Å². The Labute approximate surface area is 321 Å². The van der Waals surface area contributed by atoms with Crippen LogP contribution in [0.2, 0.25) is 0 Å². The van der Waals surface area contributed by atoms with Crippen molar-refractivity contribution in [2.24, 2.45) is 17.8 Å². The largest absolute Gasteiger partial charge is 0.362 e. The molecule has 4 aromatic rings. The normalized spacial score (nSPS) is 37.7. The molecule has 12 atom stereocenters. The van der Waals surface area contributed by atoms with Gasteiger partial charge < -0.3 is 14.7 Å². The Morgan fingerprint density at radius 3 is 1.46 bits per heavy atom. The predicted molar refractivity (Wildman–Crippen MR) is 217 cm³/mol. The van der Waals surface area contributed by atoms with Gasteiger partial charge in [-0.05, 0) is 123 Å². The number of hydrogen-bond acceptors (Lipinski definition) is 4. The van der Waals surface area contributed by atoms with Crippen molar-refractivity contribution in [3.63, 3.8) is 0 Å². The van der Waals surface area contributed by atoms with Crippen LogP contribution in [0, 0.1) is 17.8 Å². The molecule has 5 nitrogen and oxygen atoms in total. The standard InChI is InChI=1S/C49H54N4O/c54-49-39-22-8-7-21-37(39)38-27-28-44-48-45(38)52(49)43-26-12-25-42-47(43)53(48)46-40(50(42)35-19-9-17-33(29-35)31-13-3-1-4-14-31)23-11-24-41(46)51(44)36-20-10-18-34(30-36)32-15-5-2-6-16-32/h1-6,9-10,13-20,29-30,37-48H,7-8,11-12,21-28H2. The number of piperidine rings is 1. The second kappa shape index (κ2) is 12.5. The molecule has 4 saturated carbocycles. The van der Waals surface area contributed by atoms with Gasteiger partial charge in [-0.1, -0.05) is 97.8 Å². The molecular weight excluding hydrogens is 661 g/mol. The Morgan fingerprint density at radius 1 is 0.389 bits per heavy atom. The molecule has 4 aromatic carbocycles. The third-order valence-corrected chi connectivity index (χ3v) is 16.1. The summed E-state index contributed by atoms with van der Waals surface area (Å²) in [5.74, 6) is 2.03. The van der Waals surface area contributed by atoms with Crippen molar-refractivity contribution in [3.8, 4) is 22.3 Å². The zero-order valence-electron chi connectivity index (χ0n) is 31.5. The van der Waals surface area contributed by atoms with Gasteiger partial charge in [0.15, 0.2) is 0 Å². The second-order valence-corrected chi connectivity index (χ2v) is 18.3. The zero-order valence-corrected chi connectivity index (χ0v) is 31.5.